The summed E-state index contributed by atoms with van der Waals surface area (Å²) < 4.78 is 39.8. The average molecular weight is 662 g/mol. The first-order valence-corrected chi connectivity index (χ1v) is 22.9. The van der Waals surface area contributed by atoms with Crippen LogP contribution in [0.15, 0.2) is 0 Å². The topological polar surface area (TPSA) is 55.4 Å². The SMILES string of the molecule is CC(C)[O][Sn]([CH2]CC[CH](C)[Sn]([O]C(C)C)([O]C(C)C)[O]C(C)C)([O]C(C)C)[O]C(C)C. The van der Waals surface area contributed by atoms with Crippen molar-refractivity contribution in [1.82, 2.24) is 0 Å². The van der Waals surface area contributed by atoms with E-state index in [0.717, 1.165) is 17.3 Å². The van der Waals surface area contributed by atoms with E-state index in [9.17, 15) is 0 Å². The molecule has 0 saturated heterocycles. The Hall–Kier alpha value is 1.36. The third kappa shape index (κ3) is 13.7. The van der Waals surface area contributed by atoms with Gasteiger partial charge in [0, 0.05) is 0 Å². The second-order valence-electron chi connectivity index (χ2n) is 10.1. The Morgan fingerprint density at radius 1 is 0.452 bits per heavy atom. The normalized spacial score (nSPS) is 14.8. The molecule has 0 N–H and O–H groups in total. The fourth-order valence-electron chi connectivity index (χ4n) is 3.56. The monoisotopic (exact) mass is 664 g/mol. The second kappa shape index (κ2) is 15.4. The van der Waals surface area contributed by atoms with Gasteiger partial charge >= 0.3 is 206 Å². The molecule has 8 heteroatoms. The van der Waals surface area contributed by atoms with Gasteiger partial charge in [0.15, 0.2) is 0 Å². The zero-order valence-corrected chi connectivity index (χ0v) is 28.3. The molecule has 188 valence electrons. The van der Waals surface area contributed by atoms with Crippen LogP contribution in [0.25, 0.3) is 0 Å². The van der Waals surface area contributed by atoms with E-state index in [1.54, 1.807) is 0 Å². The average Bonchev–Trinajstić information content (AvgIpc) is 2.50. The van der Waals surface area contributed by atoms with Gasteiger partial charge in [-0.2, -0.15) is 0 Å². The van der Waals surface area contributed by atoms with Gasteiger partial charge in [0.25, 0.3) is 0 Å². The van der Waals surface area contributed by atoms with E-state index >= 15 is 0 Å². The zero-order valence-electron chi connectivity index (χ0n) is 22.6. The maximum absolute atomic E-state index is 6.49. The van der Waals surface area contributed by atoms with Crippen LogP contribution in [0.5, 0.6) is 0 Å². The van der Waals surface area contributed by atoms with Gasteiger partial charge in [0.2, 0.25) is 0 Å². The van der Waals surface area contributed by atoms with E-state index in [2.05, 4.69) is 90.0 Å². The summed E-state index contributed by atoms with van der Waals surface area (Å²) in [6, 6.07) is 0. The standard InChI is InChI=1S/C5H10.6C3H7O.2Sn/c1-3-5-4-2;6*1-3(2)4;;/h4H,1,3,5H2,2H3;6*3H,1-2H3;;/q;6*-1;2*+3. The van der Waals surface area contributed by atoms with Crippen LogP contribution in [0, 0.1) is 0 Å². The Morgan fingerprint density at radius 3 is 1.00 bits per heavy atom. The van der Waals surface area contributed by atoms with Crippen LogP contribution in [0.2, 0.25) is 8.37 Å². The molecule has 0 saturated carbocycles. The van der Waals surface area contributed by atoms with Crippen LogP contribution in [-0.4, -0.2) is 75.9 Å². The van der Waals surface area contributed by atoms with Crippen molar-refractivity contribution in [3.63, 3.8) is 0 Å². The molecule has 0 radical (unpaired) electrons. The Morgan fingerprint density at radius 2 is 0.742 bits per heavy atom. The van der Waals surface area contributed by atoms with Crippen molar-refractivity contribution in [2.45, 2.75) is 148 Å². The number of hydrogen-bond acceptors (Lipinski definition) is 6. The van der Waals surface area contributed by atoms with Crippen LogP contribution >= 0.6 is 0 Å². The van der Waals surface area contributed by atoms with E-state index < -0.39 is 39.2 Å². The maximum atomic E-state index is 6.49. The third-order valence-corrected chi connectivity index (χ3v) is 25.2. The molecule has 0 bridgehead atoms. The van der Waals surface area contributed by atoms with Crippen molar-refractivity contribution >= 4 is 39.2 Å². The minimum atomic E-state index is -3.80. The van der Waals surface area contributed by atoms with Gasteiger partial charge in [-0.05, 0) is 0 Å². The molecule has 0 rings (SSSR count). The molecule has 0 fully saturated rings. The molecule has 6 nitrogen and oxygen atoms in total. The zero-order chi connectivity index (χ0) is 24.4. The van der Waals surface area contributed by atoms with E-state index in [0.29, 0.717) is 0 Å². The summed E-state index contributed by atoms with van der Waals surface area (Å²) in [5, 5.41) is 0. The summed E-state index contributed by atoms with van der Waals surface area (Å²) in [5.41, 5.74) is 0. The molecule has 0 heterocycles. The van der Waals surface area contributed by atoms with Crippen molar-refractivity contribution < 1.29 is 18.4 Å². The molecule has 0 aliphatic heterocycles. The summed E-state index contributed by atoms with van der Waals surface area (Å²) in [6.45, 7) is 27.0. The van der Waals surface area contributed by atoms with Gasteiger partial charge in [-0.25, -0.2) is 0 Å². The molecule has 0 aliphatic carbocycles. The Kier molecular flexibility index (Phi) is 16.0. The molecular formula is C23H52O6Sn2. The van der Waals surface area contributed by atoms with Crippen LogP contribution < -0.4 is 0 Å². The fraction of sp³-hybridized carbons (Fsp3) is 1.00. The molecule has 0 aromatic carbocycles. The van der Waals surface area contributed by atoms with Crippen molar-refractivity contribution in [3.05, 3.63) is 0 Å². The summed E-state index contributed by atoms with van der Waals surface area (Å²) in [4.78, 5) is 0. The van der Waals surface area contributed by atoms with Crippen LogP contribution in [0.3, 0.4) is 0 Å². The molecule has 1 atom stereocenters. The molecule has 0 aliphatic rings. The van der Waals surface area contributed by atoms with Gasteiger partial charge in [0.1, 0.15) is 0 Å². The van der Waals surface area contributed by atoms with E-state index in [1.165, 1.54) is 0 Å². The van der Waals surface area contributed by atoms with Crippen molar-refractivity contribution in [2.24, 2.45) is 0 Å². The van der Waals surface area contributed by atoms with Crippen LogP contribution in [0.1, 0.15) is 103 Å². The predicted octanol–water partition coefficient (Wildman–Crippen LogP) is 6.58. The molecule has 1 unspecified atom stereocenters. The molecule has 0 spiro atoms. The predicted molar refractivity (Wildman–Crippen MR) is 132 cm³/mol. The Balaban J connectivity index is 5.57. The molecule has 0 amide bonds. The first-order chi connectivity index (χ1) is 14.1. The van der Waals surface area contributed by atoms with Gasteiger partial charge in [-0.3, -0.25) is 0 Å². The van der Waals surface area contributed by atoms with Crippen LogP contribution in [-0.2, 0) is 18.4 Å². The minimum absolute atomic E-state index is 0.0758. The van der Waals surface area contributed by atoms with Crippen molar-refractivity contribution in [2.75, 3.05) is 0 Å². The summed E-state index contributed by atoms with van der Waals surface area (Å²) in [7, 11) is 0. The van der Waals surface area contributed by atoms with E-state index in [1.807, 2.05) is 0 Å². The number of rotatable bonds is 17. The summed E-state index contributed by atoms with van der Waals surface area (Å²) in [6.07, 6.45) is 2.38. The van der Waals surface area contributed by atoms with Gasteiger partial charge in [-0.1, -0.05) is 0 Å². The molecule has 31 heavy (non-hydrogen) atoms. The summed E-state index contributed by atoms with van der Waals surface area (Å²) >= 11 is -7.51. The second-order valence-corrected chi connectivity index (χ2v) is 25.7. The Bertz CT molecular complexity index is 416. The third-order valence-electron chi connectivity index (χ3n) is 4.17. The summed E-state index contributed by atoms with van der Waals surface area (Å²) in [5.74, 6) is 0. The van der Waals surface area contributed by atoms with Crippen LogP contribution in [0.4, 0.5) is 0 Å². The number of hydrogen-bond donors (Lipinski definition) is 0. The fourth-order valence-corrected chi connectivity index (χ4v) is 22.7. The first-order valence-electron chi connectivity index (χ1n) is 12.2. The van der Waals surface area contributed by atoms with Gasteiger partial charge in [-0.15, -0.1) is 0 Å². The van der Waals surface area contributed by atoms with Crippen molar-refractivity contribution in [1.29, 1.82) is 0 Å². The van der Waals surface area contributed by atoms with Crippen molar-refractivity contribution in [3.8, 4) is 0 Å². The van der Waals surface area contributed by atoms with E-state index in [4.69, 9.17) is 18.4 Å². The first kappa shape index (κ1) is 32.4. The van der Waals surface area contributed by atoms with Gasteiger partial charge < -0.3 is 0 Å². The Labute approximate surface area is 204 Å². The quantitative estimate of drug-likeness (QED) is 0.164. The molecule has 0 aromatic rings. The van der Waals surface area contributed by atoms with E-state index in [-0.39, 0.29) is 40.6 Å². The molecule has 0 aromatic heterocycles. The molecular weight excluding hydrogens is 610 g/mol. The van der Waals surface area contributed by atoms with Gasteiger partial charge in [0.05, 0.1) is 0 Å².